The average Bonchev–Trinajstić information content (AvgIpc) is 3.01. The van der Waals surface area contributed by atoms with Crippen molar-refractivity contribution in [3.8, 4) is 5.75 Å². The molecular weight excluding hydrogens is 522 g/mol. The Hall–Kier alpha value is -2.20. The third-order valence-electron chi connectivity index (χ3n) is 8.04. The molecule has 1 fully saturated rings. The van der Waals surface area contributed by atoms with E-state index in [-0.39, 0.29) is 18.1 Å². The fraction of sp³-hybridized carbons (Fsp3) is 0.636. The monoisotopic (exact) mass is 571 g/mol. The Bertz CT molecular complexity index is 1020. The van der Waals surface area contributed by atoms with Crippen LogP contribution in [0.1, 0.15) is 61.6 Å². The zero-order valence-corrected chi connectivity index (χ0v) is 25.1. The van der Waals surface area contributed by atoms with Crippen molar-refractivity contribution >= 4 is 5.69 Å². The maximum absolute atomic E-state index is 10.2. The summed E-state index contributed by atoms with van der Waals surface area (Å²) in [4.78, 5) is 2.38. The fourth-order valence-corrected chi connectivity index (χ4v) is 5.69. The Balaban J connectivity index is 1.46. The lowest BCUT2D eigenvalue weighted by Crippen LogP contribution is -2.39. The van der Waals surface area contributed by atoms with E-state index in [0.717, 1.165) is 67.9 Å². The lowest BCUT2D eigenvalue weighted by molar-refractivity contribution is -0.0858. The zero-order chi connectivity index (χ0) is 28.9. The summed E-state index contributed by atoms with van der Waals surface area (Å²) in [5.41, 5.74) is 4.60. The van der Waals surface area contributed by atoms with E-state index in [9.17, 15) is 5.11 Å². The van der Waals surface area contributed by atoms with Gasteiger partial charge in [-0.2, -0.15) is 0 Å². The van der Waals surface area contributed by atoms with Crippen LogP contribution in [-0.4, -0.2) is 83.8 Å². The summed E-state index contributed by atoms with van der Waals surface area (Å²) in [6.07, 6.45) is 4.17. The molecule has 0 bridgehead atoms. The molecule has 1 heterocycles. The highest BCUT2D eigenvalue weighted by atomic mass is 16.5. The lowest BCUT2D eigenvalue weighted by Gasteiger charge is -2.39. The van der Waals surface area contributed by atoms with Crippen LogP contribution in [0.3, 0.4) is 0 Å². The first-order chi connectivity index (χ1) is 20.1. The van der Waals surface area contributed by atoms with E-state index in [4.69, 9.17) is 28.4 Å². The summed E-state index contributed by atoms with van der Waals surface area (Å²) in [7, 11) is 3.42. The second-order valence-corrected chi connectivity index (χ2v) is 11.0. The van der Waals surface area contributed by atoms with Crippen molar-refractivity contribution in [3.63, 3.8) is 0 Å². The van der Waals surface area contributed by atoms with Crippen molar-refractivity contribution in [2.45, 2.75) is 76.5 Å². The second-order valence-electron chi connectivity index (χ2n) is 11.0. The molecule has 0 spiro atoms. The topological polar surface area (TPSA) is 78.9 Å². The van der Waals surface area contributed by atoms with Crippen LogP contribution in [0, 0.1) is 0 Å². The molecule has 0 aromatic heterocycles. The van der Waals surface area contributed by atoms with Crippen molar-refractivity contribution in [2.24, 2.45) is 0 Å². The van der Waals surface area contributed by atoms with E-state index in [0.29, 0.717) is 46.1 Å². The molecule has 8 nitrogen and oxygen atoms in total. The molecule has 2 aliphatic rings. The van der Waals surface area contributed by atoms with E-state index in [1.54, 1.807) is 14.2 Å². The number of anilines is 1. The number of benzene rings is 2. The van der Waals surface area contributed by atoms with Crippen LogP contribution in [0.2, 0.25) is 0 Å². The smallest absolute Gasteiger partial charge is 0.142 e. The van der Waals surface area contributed by atoms with Gasteiger partial charge in [0.15, 0.2) is 0 Å². The molecule has 0 saturated heterocycles. The summed E-state index contributed by atoms with van der Waals surface area (Å²) >= 11 is 0. The van der Waals surface area contributed by atoms with E-state index < -0.39 is 6.10 Å². The predicted molar refractivity (Wildman–Crippen MR) is 160 cm³/mol. The van der Waals surface area contributed by atoms with E-state index >= 15 is 0 Å². The molecule has 4 rings (SSSR count). The van der Waals surface area contributed by atoms with Crippen molar-refractivity contribution < 1.29 is 33.5 Å². The van der Waals surface area contributed by atoms with Gasteiger partial charge in [0.05, 0.1) is 63.6 Å². The van der Waals surface area contributed by atoms with Gasteiger partial charge in [-0.1, -0.05) is 37.3 Å². The normalized spacial score (nSPS) is 21.4. The Morgan fingerprint density at radius 2 is 1.68 bits per heavy atom. The first-order valence-electron chi connectivity index (χ1n) is 15.2. The van der Waals surface area contributed by atoms with Crippen LogP contribution >= 0.6 is 0 Å². The number of nitrogens with zero attached hydrogens (tertiary/aromatic N) is 1. The lowest BCUT2D eigenvalue weighted by atomic mass is 9.79. The third-order valence-corrected chi connectivity index (χ3v) is 8.04. The molecule has 1 saturated carbocycles. The Labute approximate surface area is 245 Å². The average molecular weight is 572 g/mol. The summed E-state index contributed by atoms with van der Waals surface area (Å²) < 4.78 is 35.0. The van der Waals surface area contributed by atoms with Crippen molar-refractivity contribution in [1.29, 1.82) is 0 Å². The molecule has 8 heteroatoms. The molecule has 2 aromatic rings. The number of hydrogen-bond acceptors (Lipinski definition) is 8. The van der Waals surface area contributed by atoms with Crippen LogP contribution in [-0.2, 0) is 36.9 Å². The van der Waals surface area contributed by atoms with E-state index in [2.05, 4.69) is 47.4 Å². The van der Waals surface area contributed by atoms with Gasteiger partial charge < -0.3 is 38.4 Å². The number of rotatable bonds is 17. The van der Waals surface area contributed by atoms with Gasteiger partial charge in [-0.05, 0) is 60.9 Å². The highest BCUT2D eigenvalue weighted by Crippen LogP contribution is 2.39. The highest BCUT2D eigenvalue weighted by molar-refractivity contribution is 5.61. The SMILES string of the molecule is CC[C@@H](O)CO[C@@H]1CCC[C@H](OCc2ccc3c(c2)N(CCCOC)CCO3)[C@H]1c1ccc(COCCOC)cc1. The molecule has 2 aromatic carbocycles. The largest absolute Gasteiger partial charge is 0.490 e. The minimum Gasteiger partial charge on any atom is -0.490 e. The standard InChI is InChI=1S/C33H49NO7/c1-4-28(35)24-41-32-8-5-7-31(33(32)27-12-9-25(10-13-27)22-38-20-19-37-3)40-23-26-11-14-30-29(21-26)34(16-18-39-30)15-6-17-36-2/h9-14,21,28,31-33,35H,4-8,15-20,22-24H2,1-3H3/t28-,31+,32-,33-/m1/s1. The van der Waals surface area contributed by atoms with Gasteiger partial charge in [0.2, 0.25) is 0 Å². The molecule has 1 N–H and O–H groups in total. The summed E-state index contributed by atoms with van der Waals surface area (Å²) in [6.45, 7) is 7.84. The van der Waals surface area contributed by atoms with Gasteiger partial charge in [-0.25, -0.2) is 0 Å². The molecule has 1 aliphatic carbocycles. The van der Waals surface area contributed by atoms with Crippen LogP contribution in [0.25, 0.3) is 0 Å². The van der Waals surface area contributed by atoms with Crippen LogP contribution in [0.15, 0.2) is 42.5 Å². The quantitative estimate of drug-likeness (QED) is 0.263. The van der Waals surface area contributed by atoms with Gasteiger partial charge in [0.1, 0.15) is 12.4 Å². The van der Waals surface area contributed by atoms with Gasteiger partial charge in [0.25, 0.3) is 0 Å². The minimum atomic E-state index is -0.451. The Kier molecular flexibility index (Phi) is 13.2. The molecule has 0 radical (unpaired) electrons. The zero-order valence-electron chi connectivity index (χ0n) is 25.1. The molecule has 4 atom stereocenters. The maximum atomic E-state index is 10.2. The summed E-state index contributed by atoms with van der Waals surface area (Å²) in [6, 6.07) is 15.0. The maximum Gasteiger partial charge on any atom is 0.142 e. The molecule has 41 heavy (non-hydrogen) atoms. The van der Waals surface area contributed by atoms with Crippen LogP contribution in [0.5, 0.6) is 5.75 Å². The highest BCUT2D eigenvalue weighted by Gasteiger charge is 2.36. The number of aliphatic hydroxyl groups excluding tert-OH is 1. The number of aliphatic hydroxyl groups is 1. The van der Waals surface area contributed by atoms with Crippen molar-refractivity contribution in [3.05, 3.63) is 59.2 Å². The first kappa shape index (κ1) is 31.7. The molecule has 0 amide bonds. The summed E-state index contributed by atoms with van der Waals surface area (Å²) in [5.74, 6) is 1.02. The van der Waals surface area contributed by atoms with Gasteiger partial charge in [-0.3, -0.25) is 0 Å². The molecular formula is C33H49NO7. The molecule has 228 valence electrons. The van der Waals surface area contributed by atoms with Gasteiger partial charge >= 0.3 is 0 Å². The summed E-state index contributed by atoms with van der Waals surface area (Å²) in [5, 5.41) is 10.2. The first-order valence-corrected chi connectivity index (χ1v) is 15.2. The van der Waals surface area contributed by atoms with Gasteiger partial charge in [-0.15, -0.1) is 0 Å². The predicted octanol–water partition coefficient (Wildman–Crippen LogP) is 5.09. The van der Waals surface area contributed by atoms with Crippen molar-refractivity contribution in [1.82, 2.24) is 0 Å². The van der Waals surface area contributed by atoms with E-state index in [1.165, 1.54) is 5.56 Å². The van der Waals surface area contributed by atoms with Crippen molar-refractivity contribution in [2.75, 3.05) is 65.2 Å². The third kappa shape index (κ3) is 9.40. The molecule has 0 unspecified atom stereocenters. The Morgan fingerprint density at radius 3 is 2.44 bits per heavy atom. The van der Waals surface area contributed by atoms with Crippen LogP contribution in [0.4, 0.5) is 5.69 Å². The number of ether oxygens (including phenoxy) is 6. The number of methoxy groups -OCH3 is 2. The fourth-order valence-electron chi connectivity index (χ4n) is 5.69. The number of hydrogen-bond donors (Lipinski definition) is 1. The Morgan fingerprint density at radius 1 is 0.927 bits per heavy atom. The minimum absolute atomic E-state index is 0.00744. The molecule has 1 aliphatic heterocycles. The number of fused-ring (bicyclic) bond motifs is 1. The van der Waals surface area contributed by atoms with Gasteiger partial charge in [0, 0.05) is 33.3 Å². The van der Waals surface area contributed by atoms with Crippen LogP contribution < -0.4 is 9.64 Å². The second kappa shape index (κ2) is 17.0. The van der Waals surface area contributed by atoms with E-state index in [1.807, 2.05) is 6.92 Å².